The summed E-state index contributed by atoms with van der Waals surface area (Å²) in [5.41, 5.74) is 7.38. The molecule has 0 atom stereocenters. The minimum Gasteiger partial charge on any atom is -0.493 e. The number of rotatable bonds is 4. The smallest absolute Gasteiger partial charge is 0.255 e. The Morgan fingerprint density at radius 3 is 2.45 bits per heavy atom. The lowest BCUT2D eigenvalue weighted by Crippen LogP contribution is -2.12. The average Bonchev–Trinajstić information content (AvgIpc) is 2.46. The van der Waals surface area contributed by atoms with Crippen LogP contribution in [0.5, 0.6) is 11.5 Å². The summed E-state index contributed by atoms with van der Waals surface area (Å²) in [6.45, 7) is 0. The Bertz CT molecular complexity index is 626. The highest BCUT2D eigenvalue weighted by atomic mass is 16.5. The standard InChI is InChI=1S/C15H16N2O3/c1-19-13-7-6-10(8-14(13)20-2)15(18)17-12-5-3-4-11(16)9-12/h3-9H,16H2,1-2H3,(H,17,18). The topological polar surface area (TPSA) is 73.6 Å². The SMILES string of the molecule is COc1ccc(C(=O)Nc2cccc(N)c2)cc1OC. The summed E-state index contributed by atoms with van der Waals surface area (Å²) in [7, 11) is 3.07. The van der Waals surface area contributed by atoms with Crippen molar-refractivity contribution >= 4 is 17.3 Å². The van der Waals surface area contributed by atoms with Gasteiger partial charge in [-0.05, 0) is 36.4 Å². The van der Waals surface area contributed by atoms with Crippen molar-refractivity contribution in [3.8, 4) is 11.5 Å². The molecule has 1 amide bonds. The van der Waals surface area contributed by atoms with Gasteiger partial charge in [0.15, 0.2) is 11.5 Å². The number of methoxy groups -OCH3 is 2. The van der Waals surface area contributed by atoms with E-state index in [1.807, 2.05) is 0 Å². The predicted molar refractivity (Wildman–Crippen MR) is 78.4 cm³/mol. The Labute approximate surface area is 117 Å². The molecule has 3 N–H and O–H groups in total. The van der Waals surface area contributed by atoms with Crippen molar-refractivity contribution < 1.29 is 14.3 Å². The molecule has 0 unspecified atom stereocenters. The summed E-state index contributed by atoms with van der Waals surface area (Å²) in [6.07, 6.45) is 0. The van der Waals surface area contributed by atoms with E-state index in [1.54, 1.807) is 49.6 Å². The third kappa shape index (κ3) is 3.00. The van der Waals surface area contributed by atoms with E-state index in [0.717, 1.165) is 0 Å². The Balaban J connectivity index is 2.21. The van der Waals surface area contributed by atoms with E-state index in [1.165, 1.54) is 7.11 Å². The molecule has 0 bridgehead atoms. The predicted octanol–water partition coefficient (Wildman–Crippen LogP) is 2.54. The Morgan fingerprint density at radius 2 is 1.80 bits per heavy atom. The van der Waals surface area contributed by atoms with E-state index >= 15 is 0 Å². The first-order chi connectivity index (χ1) is 9.63. The van der Waals surface area contributed by atoms with Crippen LogP contribution in [0.3, 0.4) is 0 Å². The molecule has 0 aliphatic rings. The number of amides is 1. The van der Waals surface area contributed by atoms with E-state index in [-0.39, 0.29) is 5.91 Å². The lowest BCUT2D eigenvalue weighted by Gasteiger charge is -2.10. The van der Waals surface area contributed by atoms with Crippen LogP contribution in [0.4, 0.5) is 11.4 Å². The van der Waals surface area contributed by atoms with Crippen molar-refractivity contribution in [2.45, 2.75) is 0 Å². The Hall–Kier alpha value is -2.69. The summed E-state index contributed by atoms with van der Waals surface area (Å²) in [6, 6.07) is 12.0. The van der Waals surface area contributed by atoms with Crippen molar-refractivity contribution in [1.82, 2.24) is 0 Å². The number of carbonyl (C=O) groups excluding carboxylic acids is 1. The van der Waals surface area contributed by atoms with Crippen LogP contribution in [0, 0.1) is 0 Å². The first-order valence-electron chi connectivity index (χ1n) is 6.03. The zero-order valence-electron chi connectivity index (χ0n) is 11.3. The molecule has 2 aromatic carbocycles. The van der Waals surface area contributed by atoms with Crippen LogP contribution in [0.25, 0.3) is 0 Å². The highest BCUT2D eigenvalue weighted by Crippen LogP contribution is 2.27. The molecule has 0 radical (unpaired) electrons. The number of ether oxygens (including phenoxy) is 2. The van der Waals surface area contributed by atoms with Crippen LogP contribution >= 0.6 is 0 Å². The molecule has 0 saturated carbocycles. The van der Waals surface area contributed by atoms with Gasteiger partial charge in [-0.1, -0.05) is 6.07 Å². The molecule has 0 heterocycles. The molecular weight excluding hydrogens is 256 g/mol. The van der Waals surface area contributed by atoms with E-state index in [2.05, 4.69) is 5.32 Å². The van der Waals surface area contributed by atoms with Crippen LogP contribution in [0.15, 0.2) is 42.5 Å². The van der Waals surface area contributed by atoms with Gasteiger partial charge >= 0.3 is 0 Å². The summed E-state index contributed by atoms with van der Waals surface area (Å²) >= 11 is 0. The largest absolute Gasteiger partial charge is 0.493 e. The van der Waals surface area contributed by atoms with E-state index in [0.29, 0.717) is 28.4 Å². The fourth-order valence-electron chi connectivity index (χ4n) is 1.80. The number of benzene rings is 2. The molecule has 0 aliphatic carbocycles. The van der Waals surface area contributed by atoms with Gasteiger partial charge in [0.1, 0.15) is 0 Å². The summed E-state index contributed by atoms with van der Waals surface area (Å²) in [4.78, 5) is 12.1. The van der Waals surface area contributed by atoms with Gasteiger partial charge in [0.05, 0.1) is 14.2 Å². The zero-order chi connectivity index (χ0) is 14.5. The third-order valence-electron chi connectivity index (χ3n) is 2.79. The summed E-state index contributed by atoms with van der Waals surface area (Å²) in [5.74, 6) is 0.845. The second-order valence-corrected chi connectivity index (χ2v) is 4.15. The van der Waals surface area contributed by atoms with Gasteiger partial charge in [0.2, 0.25) is 0 Å². The number of hydrogen-bond donors (Lipinski definition) is 2. The molecule has 5 nitrogen and oxygen atoms in total. The second-order valence-electron chi connectivity index (χ2n) is 4.15. The minimum absolute atomic E-state index is 0.239. The minimum atomic E-state index is -0.239. The van der Waals surface area contributed by atoms with E-state index in [4.69, 9.17) is 15.2 Å². The van der Waals surface area contributed by atoms with Gasteiger partial charge in [0, 0.05) is 16.9 Å². The molecule has 20 heavy (non-hydrogen) atoms. The molecule has 0 aromatic heterocycles. The molecule has 5 heteroatoms. The number of anilines is 2. The summed E-state index contributed by atoms with van der Waals surface area (Å²) < 4.78 is 10.3. The normalized spacial score (nSPS) is 9.90. The quantitative estimate of drug-likeness (QED) is 0.839. The first-order valence-corrected chi connectivity index (χ1v) is 6.03. The number of carbonyl (C=O) groups is 1. The average molecular weight is 272 g/mol. The van der Waals surface area contributed by atoms with Crippen LogP contribution in [0.1, 0.15) is 10.4 Å². The first kappa shape index (κ1) is 13.7. The van der Waals surface area contributed by atoms with Crippen LogP contribution in [0.2, 0.25) is 0 Å². The maximum absolute atomic E-state index is 12.1. The maximum atomic E-state index is 12.1. The molecule has 0 aliphatic heterocycles. The number of hydrogen-bond acceptors (Lipinski definition) is 4. The molecule has 0 fully saturated rings. The van der Waals surface area contributed by atoms with Crippen LogP contribution in [-0.4, -0.2) is 20.1 Å². The lowest BCUT2D eigenvalue weighted by molar-refractivity contribution is 0.102. The van der Waals surface area contributed by atoms with Gasteiger partial charge in [-0.15, -0.1) is 0 Å². The third-order valence-corrected chi connectivity index (χ3v) is 2.79. The molecular formula is C15H16N2O3. The van der Waals surface area contributed by atoms with E-state index in [9.17, 15) is 4.79 Å². The highest BCUT2D eigenvalue weighted by Gasteiger charge is 2.11. The molecule has 0 saturated heterocycles. The van der Waals surface area contributed by atoms with Crippen LogP contribution in [-0.2, 0) is 0 Å². The van der Waals surface area contributed by atoms with Gasteiger partial charge in [-0.25, -0.2) is 0 Å². The van der Waals surface area contributed by atoms with Crippen molar-refractivity contribution in [1.29, 1.82) is 0 Å². The number of nitrogens with one attached hydrogen (secondary N) is 1. The molecule has 2 aromatic rings. The zero-order valence-corrected chi connectivity index (χ0v) is 11.3. The second kappa shape index (κ2) is 5.97. The Kier molecular flexibility index (Phi) is 4.10. The van der Waals surface area contributed by atoms with Crippen molar-refractivity contribution in [2.75, 3.05) is 25.3 Å². The molecule has 2 rings (SSSR count). The lowest BCUT2D eigenvalue weighted by atomic mass is 10.2. The van der Waals surface area contributed by atoms with Gasteiger partial charge in [-0.3, -0.25) is 4.79 Å². The van der Waals surface area contributed by atoms with Crippen molar-refractivity contribution in [2.24, 2.45) is 0 Å². The number of nitrogen functional groups attached to an aromatic ring is 1. The van der Waals surface area contributed by atoms with Crippen molar-refractivity contribution in [3.05, 3.63) is 48.0 Å². The van der Waals surface area contributed by atoms with Crippen LogP contribution < -0.4 is 20.5 Å². The molecule has 104 valence electrons. The fraction of sp³-hybridized carbons (Fsp3) is 0.133. The van der Waals surface area contributed by atoms with Gasteiger partial charge in [-0.2, -0.15) is 0 Å². The van der Waals surface area contributed by atoms with E-state index < -0.39 is 0 Å². The fourth-order valence-corrected chi connectivity index (χ4v) is 1.80. The van der Waals surface area contributed by atoms with Gasteiger partial charge in [0.25, 0.3) is 5.91 Å². The maximum Gasteiger partial charge on any atom is 0.255 e. The highest BCUT2D eigenvalue weighted by molar-refractivity contribution is 6.04. The monoisotopic (exact) mass is 272 g/mol. The Morgan fingerprint density at radius 1 is 1.05 bits per heavy atom. The summed E-state index contributed by atoms with van der Waals surface area (Å²) in [5, 5.41) is 2.77. The van der Waals surface area contributed by atoms with Gasteiger partial charge < -0.3 is 20.5 Å². The molecule has 0 spiro atoms. The number of nitrogens with two attached hydrogens (primary N) is 1. The van der Waals surface area contributed by atoms with Crippen molar-refractivity contribution in [3.63, 3.8) is 0 Å².